The molecule has 0 fully saturated rings. The zero-order valence-corrected chi connectivity index (χ0v) is 20.0. The lowest BCUT2D eigenvalue weighted by atomic mass is 9.98. The van der Waals surface area contributed by atoms with E-state index in [2.05, 4.69) is 17.4 Å². The third-order valence-electron chi connectivity index (χ3n) is 6.44. The van der Waals surface area contributed by atoms with Gasteiger partial charge in [0.15, 0.2) is 0 Å². The first-order valence-corrected chi connectivity index (χ1v) is 11.4. The van der Waals surface area contributed by atoms with Gasteiger partial charge in [0, 0.05) is 19.1 Å². The highest BCUT2D eigenvalue weighted by atomic mass is 16.5. The highest BCUT2D eigenvalue weighted by Crippen LogP contribution is 2.44. The Kier molecular flexibility index (Phi) is 8.28. The van der Waals surface area contributed by atoms with Gasteiger partial charge in [-0.15, -0.1) is 0 Å². The molecule has 2 N–H and O–H groups in total. The number of aliphatic carboxylic acids is 1. The topological polar surface area (TPSA) is 105 Å². The Morgan fingerprint density at radius 3 is 2.09 bits per heavy atom. The molecule has 0 spiro atoms. The molecular weight excluding hydrogens is 436 g/mol. The van der Waals surface area contributed by atoms with Gasteiger partial charge < -0.3 is 24.8 Å². The number of nitrogens with zero attached hydrogens (tertiary/aromatic N) is 1. The number of carbonyl (C=O) groups is 3. The van der Waals surface area contributed by atoms with Crippen molar-refractivity contribution >= 4 is 18.0 Å². The number of rotatable bonds is 10. The number of methoxy groups -OCH3 is 1. The zero-order valence-electron chi connectivity index (χ0n) is 20.0. The van der Waals surface area contributed by atoms with Gasteiger partial charge in [-0.2, -0.15) is 0 Å². The van der Waals surface area contributed by atoms with Crippen LogP contribution in [0.25, 0.3) is 11.1 Å². The second kappa shape index (κ2) is 11.2. The van der Waals surface area contributed by atoms with E-state index in [4.69, 9.17) is 9.47 Å². The van der Waals surface area contributed by atoms with Crippen molar-refractivity contribution in [1.29, 1.82) is 0 Å². The molecule has 34 heavy (non-hydrogen) atoms. The van der Waals surface area contributed by atoms with Crippen molar-refractivity contribution in [3.8, 4) is 11.1 Å². The first-order chi connectivity index (χ1) is 16.3. The molecule has 0 aliphatic heterocycles. The van der Waals surface area contributed by atoms with Crippen LogP contribution in [0.5, 0.6) is 0 Å². The molecule has 0 heterocycles. The van der Waals surface area contributed by atoms with Crippen LogP contribution in [-0.2, 0) is 19.1 Å². The van der Waals surface area contributed by atoms with E-state index < -0.39 is 36.7 Å². The minimum atomic E-state index is -1.13. The van der Waals surface area contributed by atoms with Gasteiger partial charge in [0.25, 0.3) is 0 Å². The van der Waals surface area contributed by atoms with Gasteiger partial charge in [-0.25, -0.2) is 4.79 Å². The highest BCUT2D eigenvalue weighted by Gasteiger charge is 2.35. The molecule has 2 amide bonds. The lowest BCUT2D eigenvalue weighted by Crippen LogP contribution is -2.57. The van der Waals surface area contributed by atoms with Gasteiger partial charge in [0.1, 0.15) is 19.2 Å². The van der Waals surface area contributed by atoms with Crippen molar-refractivity contribution in [3.05, 3.63) is 59.7 Å². The molecule has 1 aliphatic rings. The maximum atomic E-state index is 13.2. The summed E-state index contributed by atoms with van der Waals surface area (Å²) >= 11 is 0. The Labute approximate surface area is 199 Å². The number of alkyl carbamates (subject to hydrolysis) is 1. The van der Waals surface area contributed by atoms with Gasteiger partial charge in [-0.1, -0.05) is 55.5 Å². The third kappa shape index (κ3) is 5.39. The number of nitrogens with one attached hydrogen (secondary N) is 1. The number of benzene rings is 2. The Hall–Kier alpha value is -3.39. The fraction of sp³-hybridized carbons (Fsp3) is 0.423. The lowest BCUT2D eigenvalue weighted by Gasteiger charge is -2.32. The quantitative estimate of drug-likeness (QED) is 0.552. The summed E-state index contributed by atoms with van der Waals surface area (Å²) in [7, 11) is 1.43. The zero-order chi connectivity index (χ0) is 24.8. The third-order valence-corrected chi connectivity index (χ3v) is 6.44. The molecule has 3 atom stereocenters. The number of ether oxygens (including phenoxy) is 2. The van der Waals surface area contributed by atoms with E-state index in [0.29, 0.717) is 6.42 Å². The Balaban J connectivity index is 1.73. The predicted molar refractivity (Wildman–Crippen MR) is 128 cm³/mol. The van der Waals surface area contributed by atoms with Crippen molar-refractivity contribution in [1.82, 2.24) is 10.2 Å². The lowest BCUT2D eigenvalue weighted by molar-refractivity contribution is -0.148. The first-order valence-electron chi connectivity index (χ1n) is 11.4. The second-order valence-corrected chi connectivity index (χ2v) is 8.51. The molecule has 8 nitrogen and oxygen atoms in total. The molecular formula is C26H32N2O6. The summed E-state index contributed by atoms with van der Waals surface area (Å²) in [6.45, 7) is 4.91. The molecule has 8 heteroatoms. The largest absolute Gasteiger partial charge is 0.480 e. The fourth-order valence-corrected chi connectivity index (χ4v) is 4.28. The van der Waals surface area contributed by atoms with Crippen LogP contribution >= 0.6 is 0 Å². The van der Waals surface area contributed by atoms with Crippen molar-refractivity contribution in [3.63, 3.8) is 0 Å². The van der Waals surface area contributed by atoms with Crippen LogP contribution in [0.1, 0.15) is 44.2 Å². The Morgan fingerprint density at radius 1 is 1.03 bits per heavy atom. The average Bonchev–Trinajstić information content (AvgIpc) is 3.16. The number of carboxylic acid groups (broad SMARTS) is 1. The average molecular weight is 469 g/mol. The standard InChI is InChI=1S/C26H32N2O6/c1-5-16(2)28(14-23(29)30)25(31)24(17(3)33-4)27-26(32)34-15-22-20-12-8-6-10-18(20)19-11-7-9-13-21(19)22/h6-13,16-17,22,24H,5,14-15H2,1-4H3,(H,27,32)(H,29,30). The summed E-state index contributed by atoms with van der Waals surface area (Å²) < 4.78 is 10.9. The van der Waals surface area contributed by atoms with E-state index >= 15 is 0 Å². The molecule has 0 aromatic heterocycles. The molecule has 0 saturated carbocycles. The maximum Gasteiger partial charge on any atom is 0.407 e. The van der Waals surface area contributed by atoms with E-state index in [1.807, 2.05) is 43.3 Å². The van der Waals surface area contributed by atoms with Crippen LogP contribution < -0.4 is 5.32 Å². The molecule has 182 valence electrons. The molecule has 0 radical (unpaired) electrons. The number of hydrogen-bond donors (Lipinski definition) is 2. The van der Waals surface area contributed by atoms with Crippen LogP contribution in [0.15, 0.2) is 48.5 Å². The van der Waals surface area contributed by atoms with Gasteiger partial charge in [0.2, 0.25) is 5.91 Å². The molecule has 3 unspecified atom stereocenters. The monoisotopic (exact) mass is 468 g/mol. The van der Waals surface area contributed by atoms with E-state index in [1.165, 1.54) is 12.0 Å². The maximum absolute atomic E-state index is 13.2. The number of carbonyl (C=O) groups excluding carboxylic acids is 2. The SMILES string of the molecule is CCC(C)N(CC(=O)O)C(=O)C(NC(=O)OCC1c2ccccc2-c2ccccc21)C(C)OC. The van der Waals surface area contributed by atoms with Gasteiger partial charge in [0.05, 0.1) is 6.10 Å². The molecule has 0 saturated heterocycles. The van der Waals surface area contributed by atoms with Crippen LogP contribution in [-0.4, -0.2) is 66.4 Å². The van der Waals surface area contributed by atoms with Gasteiger partial charge >= 0.3 is 12.1 Å². The first kappa shape index (κ1) is 25.2. The predicted octanol–water partition coefficient (Wildman–Crippen LogP) is 3.64. The normalized spacial score (nSPS) is 14.9. The van der Waals surface area contributed by atoms with Crippen molar-refractivity contribution in [2.24, 2.45) is 0 Å². The van der Waals surface area contributed by atoms with Crippen LogP contribution in [0, 0.1) is 0 Å². The minimum absolute atomic E-state index is 0.104. The number of carboxylic acids is 1. The van der Waals surface area contributed by atoms with Crippen LogP contribution in [0.4, 0.5) is 4.79 Å². The van der Waals surface area contributed by atoms with Gasteiger partial charge in [-0.3, -0.25) is 9.59 Å². The van der Waals surface area contributed by atoms with Gasteiger partial charge in [-0.05, 0) is 42.5 Å². The molecule has 0 bridgehead atoms. The van der Waals surface area contributed by atoms with Crippen molar-refractivity contribution < 1.29 is 29.0 Å². The molecule has 2 aromatic carbocycles. The fourth-order valence-electron chi connectivity index (χ4n) is 4.28. The summed E-state index contributed by atoms with van der Waals surface area (Å²) in [6.07, 6.45) is -0.880. The molecule has 3 rings (SSSR count). The van der Waals surface area contributed by atoms with E-state index in [9.17, 15) is 19.5 Å². The number of fused-ring (bicyclic) bond motifs is 3. The Bertz CT molecular complexity index is 994. The van der Waals surface area contributed by atoms with Crippen molar-refractivity contribution in [2.45, 2.75) is 51.3 Å². The molecule has 2 aromatic rings. The second-order valence-electron chi connectivity index (χ2n) is 8.51. The van der Waals surface area contributed by atoms with Crippen LogP contribution in [0.2, 0.25) is 0 Å². The highest BCUT2D eigenvalue weighted by molar-refractivity contribution is 5.89. The summed E-state index contributed by atoms with van der Waals surface area (Å²) in [6, 6.07) is 14.6. The van der Waals surface area contributed by atoms with Crippen LogP contribution in [0.3, 0.4) is 0 Å². The van der Waals surface area contributed by atoms with E-state index in [1.54, 1.807) is 13.8 Å². The summed E-state index contributed by atoms with van der Waals surface area (Å²) in [5.74, 6) is -1.77. The minimum Gasteiger partial charge on any atom is -0.480 e. The van der Waals surface area contributed by atoms with E-state index in [0.717, 1.165) is 22.3 Å². The number of amides is 2. The van der Waals surface area contributed by atoms with Crippen molar-refractivity contribution in [2.75, 3.05) is 20.3 Å². The summed E-state index contributed by atoms with van der Waals surface area (Å²) in [5, 5.41) is 11.9. The smallest absolute Gasteiger partial charge is 0.407 e. The summed E-state index contributed by atoms with van der Waals surface area (Å²) in [4.78, 5) is 38.6. The Morgan fingerprint density at radius 2 is 1.59 bits per heavy atom. The summed E-state index contributed by atoms with van der Waals surface area (Å²) in [5.41, 5.74) is 4.40. The number of hydrogen-bond acceptors (Lipinski definition) is 5. The molecule has 1 aliphatic carbocycles. The van der Waals surface area contributed by atoms with E-state index in [-0.39, 0.29) is 18.6 Å².